The average molecular weight is 462 g/mol. The van der Waals surface area contributed by atoms with Crippen LogP contribution in [0.15, 0.2) is 48.5 Å². The van der Waals surface area contributed by atoms with Gasteiger partial charge in [0.1, 0.15) is 17.2 Å². The molecule has 0 bridgehead atoms. The van der Waals surface area contributed by atoms with Crippen molar-refractivity contribution in [3.05, 3.63) is 71.3 Å². The summed E-state index contributed by atoms with van der Waals surface area (Å²) in [5.74, 6) is 6.39. The Morgan fingerprint density at radius 2 is 2.00 bits per heavy atom. The van der Waals surface area contributed by atoms with E-state index in [-0.39, 0.29) is 11.7 Å². The van der Waals surface area contributed by atoms with Crippen LogP contribution in [-0.2, 0) is 11.2 Å². The first-order valence-corrected chi connectivity index (χ1v) is 10.7. The number of aromatic amines is 1. The molecule has 1 aliphatic heterocycles. The van der Waals surface area contributed by atoms with E-state index in [1.807, 2.05) is 36.4 Å². The molecule has 9 nitrogen and oxygen atoms in total. The predicted octanol–water partition coefficient (Wildman–Crippen LogP) is 2.05. The number of nitrogens with two attached hydrogens (primary N) is 1. The molecule has 0 radical (unpaired) electrons. The lowest BCUT2D eigenvalue weighted by atomic mass is 10.1. The average Bonchev–Trinajstić information content (AvgIpc) is 3.22. The number of rotatable bonds is 3. The van der Waals surface area contributed by atoms with Gasteiger partial charge in [0.05, 0.1) is 18.7 Å². The van der Waals surface area contributed by atoms with E-state index in [1.165, 1.54) is 0 Å². The van der Waals surface area contributed by atoms with E-state index < -0.39 is 11.5 Å². The molecule has 4 rings (SSSR count). The summed E-state index contributed by atoms with van der Waals surface area (Å²) in [6, 6.07) is 15.2. The number of fused-ring (bicyclic) bond motifs is 1. The first-order valence-electron chi connectivity index (χ1n) is 10.7. The van der Waals surface area contributed by atoms with E-state index in [2.05, 4.69) is 27.0 Å². The quantitative estimate of drug-likeness (QED) is 0.511. The lowest BCUT2D eigenvalue weighted by molar-refractivity contribution is -0.118. The van der Waals surface area contributed by atoms with Gasteiger partial charge in [0.25, 0.3) is 5.91 Å². The molecule has 9 heteroatoms. The molecule has 0 fully saturated rings. The predicted molar refractivity (Wildman–Crippen MR) is 127 cm³/mol. The number of aliphatic hydroxyl groups is 1. The number of hydrogen-bond acceptors (Lipinski definition) is 6. The molecule has 0 atom stereocenters. The molecule has 0 saturated carbocycles. The number of aromatic nitrogens is 3. The molecule has 1 aliphatic rings. The Hall–Kier alpha value is -4.16. The van der Waals surface area contributed by atoms with E-state index in [0.29, 0.717) is 36.7 Å². The number of anilines is 1. The standard InChI is InChI=1S/C15H17NO3.C10H10N4O/c1-15(2,18)8-6-11-4-5-13-12(10-11)16(3)14(17)7-9-19-13;11-9(15)10-12-8(13-14-10)6-7-4-2-1-3-5-7/h4-5,10,18H,7,9H2,1-3H3;1-5H,6H2,(H2,11,15)(H,12,13,14). The zero-order valence-corrected chi connectivity index (χ0v) is 19.3. The fourth-order valence-corrected chi connectivity index (χ4v) is 3.03. The Labute approximate surface area is 198 Å². The molecule has 4 N–H and O–H groups in total. The number of carbonyl (C=O) groups excluding carboxylic acids is 2. The molecule has 0 spiro atoms. The highest BCUT2D eigenvalue weighted by Crippen LogP contribution is 2.31. The van der Waals surface area contributed by atoms with Crippen molar-refractivity contribution in [3.8, 4) is 17.6 Å². The van der Waals surface area contributed by atoms with Crippen LogP contribution in [0.4, 0.5) is 5.69 Å². The van der Waals surface area contributed by atoms with Crippen molar-refractivity contribution in [2.45, 2.75) is 32.3 Å². The Kier molecular flexibility index (Phi) is 7.66. The Morgan fingerprint density at radius 1 is 1.26 bits per heavy atom. The topological polar surface area (TPSA) is 134 Å². The normalized spacial score (nSPS) is 12.8. The molecule has 1 aromatic heterocycles. The Bertz CT molecular complexity index is 1220. The summed E-state index contributed by atoms with van der Waals surface area (Å²) >= 11 is 0. The number of benzene rings is 2. The molecule has 2 aromatic carbocycles. The van der Waals surface area contributed by atoms with Gasteiger partial charge in [0.2, 0.25) is 11.7 Å². The van der Waals surface area contributed by atoms with Crippen LogP contribution in [0.3, 0.4) is 0 Å². The summed E-state index contributed by atoms with van der Waals surface area (Å²) in [5.41, 5.74) is 6.56. The third kappa shape index (κ3) is 6.92. The van der Waals surface area contributed by atoms with Gasteiger partial charge in [-0.2, -0.15) is 0 Å². The van der Waals surface area contributed by atoms with Gasteiger partial charge in [-0.3, -0.25) is 14.7 Å². The zero-order chi connectivity index (χ0) is 24.7. The van der Waals surface area contributed by atoms with Crippen molar-refractivity contribution in [1.29, 1.82) is 0 Å². The molecule has 34 heavy (non-hydrogen) atoms. The summed E-state index contributed by atoms with van der Waals surface area (Å²) in [7, 11) is 1.73. The number of H-pyrrole nitrogens is 1. The minimum Gasteiger partial charge on any atom is -0.491 e. The zero-order valence-electron chi connectivity index (χ0n) is 19.3. The summed E-state index contributed by atoms with van der Waals surface area (Å²) in [5, 5.41) is 16.0. The van der Waals surface area contributed by atoms with E-state index in [4.69, 9.17) is 10.5 Å². The van der Waals surface area contributed by atoms with Gasteiger partial charge >= 0.3 is 0 Å². The lowest BCUT2D eigenvalue weighted by Gasteiger charge is -2.16. The van der Waals surface area contributed by atoms with Crippen molar-refractivity contribution in [2.75, 3.05) is 18.6 Å². The molecule has 0 unspecified atom stereocenters. The van der Waals surface area contributed by atoms with Crippen LogP contribution in [0, 0.1) is 11.8 Å². The van der Waals surface area contributed by atoms with Crippen molar-refractivity contribution >= 4 is 17.5 Å². The van der Waals surface area contributed by atoms with Crippen LogP contribution in [0.1, 0.15) is 47.8 Å². The molecular formula is C25H27N5O4. The van der Waals surface area contributed by atoms with Gasteiger partial charge in [-0.25, -0.2) is 4.98 Å². The minimum absolute atomic E-state index is 0.0198. The van der Waals surface area contributed by atoms with Gasteiger partial charge in [0, 0.05) is 19.0 Å². The highest BCUT2D eigenvalue weighted by atomic mass is 16.5. The fourth-order valence-electron chi connectivity index (χ4n) is 3.03. The second-order valence-corrected chi connectivity index (χ2v) is 8.18. The van der Waals surface area contributed by atoms with Gasteiger partial charge < -0.3 is 20.5 Å². The number of amides is 2. The highest BCUT2D eigenvalue weighted by molar-refractivity contribution is 5.95. The van der Waals surface area contributed by atoms with Crippen LogP contribution >= 0.6 is 0 Å². The second-order valence-electron chi connectivity index (χ2n) is 8.18. The van der Waals surface area contributed by atoms with Crippen LogP contribution in [0.25, 0.3) is 0 Å². The van der Waals surface area contributed by atoms with Crippen molar-refractivity contribution in [1.82, 2.24) is 15.2 Å². The van der Waals surface area contributed by atoms with Crippen LogP contribution < -0.4 is 15.4 Å². The summed E-state index contributed by atoms with van der Waals surface area (Å²) < 4.78 is 5.53. The molecule has 0 aliphatic carbocycles. The molecule has 3 aromatic rings. The van der Waals surface area contributed by atoms with Crippen molar-refractivity contribution in [2.24, 2.45) is 5.73 Å². The van der Waals surface area contributed by atoms with E-state index in [0.717, 1.165) is 11.1 Å². The minimum atomic E-state index is -1.04. The van der Waals surface area contributed by atoms with Gasteiger partial charge in [-0.15, -0.1) is 5.10 Å². The van der Waals surface area contributed by atoms with E-state index in [1.54, 1.807) is 37.9 Å². The van der Waals surface area contributed by atoms with Crippen LogP contribution in [0.5, 0.6) is 5.75 Å². The van der Waals surface area contributed by atoms with Crippen LogP contribution in [0.2, 0.25) is 0 Å². The molecule has 2 amide bonds. The van der Waals surface area contributed by atoms with E-state index in [9.17, 15) is 14.7 Å². The van der Waals surface area contributed by atoms with E-state index >= 15 is 0 Å². The summed E-state index contributed by atoms with van der Waals surface area (Å²) in [4.78, 5) is 28.1. The summed E-state index contributed by atoms with van der Waals surface area (Å²) in [6.45, 7) is 3.65. The first-order chi connectivity index (χ1) is 16.1. The number of carbonyl (C=O) groups is 2. The lowest BCUT2D eigenvalue weighted by Crippen LogP contribution is -2.25. The van der Waals surface area contributed by atoms with Crippen LogP contribution in [-0.4, -0.2) is 51.4 Å². The number of primary amides is 1. The third-order valence-electron chi connectivity index (χ3n) is 4.75. The third-order valence-corrected chi connectivity index (χ3v) is 4.75. The van der Waals surface area contributed by atoms with Gasteiger partial charge in [-0.05, 0) is 37.6 Å². The first kappa shape index (κ1) is 24.5. The smallest absolute Gasteiger partial charge is 0.288 e. The number of nitrogens with zero attached hydrogens (tertiary/aromatic N) is 3. The number of nitrogens with one attached hydrogen (secondary N) is 1. The SMILES string of the molecule is CN1C(=O)CCOc2ccc(C#CC(C)(C)O)cc21.NC(=O)c1n[nH]c(Cc2ccccc2)n1. The van der Waals surface area contributed by atoms with Crippen molar-refractivity contribution in [3.63, 3.8) is 0 Å². The maximum absolute atomic E-state index is 11.8. The summed E-state index contributed by atoms with van der Waals surface area (Å²) in [6.07, 6.45) is 0.983. The monoisotopic (exact) mass is 461 g/mol. The maximum Gasteiger partial charge on any atom is 0.288 e. The number of ether oxygens (including phenoxy) is 1. The fraction of sp³-hybridized carbons (Fsp3) is 0.280. The largest absolute Gasteiger partial charge is 0.491 e. The maximum atomic E-state index is 11.8. The molecular weight excluding hydrogens is 434 g/mol. The highest BCUT2D eigenvalue weighted by Gasteiger charge is 2.20. The van der Waals surface area contributed by atoms with Gasteiger partial charge in [-0.1, -0.05) is 42.2 Å². The number of hydrogen-bond donors (Lipinski definition) is 3. The molecule has 2 heterocycles. The molecule has 0 saturated heterocycles. The molecule has 176 valence electrons. The van der Waals surface area contributed by atoms with Crippen molar-refractivity contribution < 1.29 is 19.4 Å². The Morgan fingerprint density at radius 3 is 2.65 bits per heavy atom. The van der Waals surface area contributed by atoms with Gasteiger partial charge in [0.15, 0.2) is 0 Å². The Balaban J connectivity index is 0.000000196. The second kappa shape index (κ2) is 10.6.